The summed E-state index contributed by atoms with van der Waals surface area (Å²) >= 11 is 0. The van der Waals surface area contributed by atoms with Crippen LogP contribution in [0.4, 0.5) is 10.1 Å². The summed E-state index contributed by atoms with van der Waals surface area (Å²) in [5.74, 6) is -0.714. The van der Waals surface area contributed by atoms with Crippen LogP contribution in [0.1, 0.15) is 22.5 Å². The molecule has 0 aliphatic carbocycles. The van der Waals surface area contributed by atoms with Crippen molar-refractivity contribution in [3.8, 4) is 0 Å². The SMILES string of the molecule is Cc1ccccc1N(CCCN)C(=O)c1ccc(F)cn1. The lowest BCUT2D eigenvalue weighted by Crippen LogP contribution is -2.34. The zero-order chi connectivity index (χ0) is 15.2. The molecule has 0 atom stereocenters. The van der Waals surface area contributed by atoms with Gasteiger partial charge in [-0.25, -0.2) is 9.37 Å². The van der Waals surface area contributed by atoms with E-state index in [1.165, 1.54) is 12.1 Å². The summed E-state index contributed by atoms with van der Waals surface area (Å²) < 4.78 is 12.9. The van der Waals surface area contributed by atoms with Crippen LogP contribution in [0.2, 0.25) is 0 Å². The molecule has 0 aliphatic rings. The second-order valence-electron chi connectivity index (χ2n) is 4.75. The van der Waals surface area contributed by atoms with Gasteiger partial charge in [-0.05, 0) is 43.7 Å². The molecule has 2 aromatic rings. The molecular formula is C16H18FN3O. The third-order valence-corrected chi connectivity index (χ3v) is 3.18. The van der Waals surface area contributed by atoms with Crippen LogP contribution in [0.15, 0.2) is 42.6 Å². The first-order valence-electron chi connectivity index (χ1n) is 6.82. The molecule has 110 valence electrons. The van der Waals surface area contributed by atoms with Crippen LogP contribution in [0, 0.1) is 12.7 Å². The Bertz CT molecular complexity index is 613. The van der Waals surface area contributed by atoms with Crippen LogP contribution in [0.5, 0.6) is 0 Å². The largest absolute Gasteiger partial charge is 0.330 e. The van der Waals surface area contributed by atoms with Gasteiger partial charge in [0.05, 0.1) is 6.20 Å². The molecule has 4 nitrogen and oxygen atoms in total. The van der Waals surface area contributed by atoms with Crippen LogP contribution >= 0.6 is 0 Å². The average molecular weight is 287 g/mol. The lowest BCUT2D eigenvalue weighted by atomic mass is 10.1. The molecule has 0 radical (unpaired) electrons. The number of carbonyl (C=O) groups is 1. The van der Waals surface area contributed by atoms with E-state index in [1.807, 2.05) is 31.2 Å². The van der Waals surface area contributed by atoms with Gasteiger partial charge in [-0.3, -0.25) is 4.79 Å². The molecular weight excluding hydrogens is 269 g/mol. The predicted molar refractivity (Wildman–Crippen MR) is 80.7 cm³/mol. The normalized spacial score (nSPS) is 10.4. The zero-order valence-electron chi connectivity index (χ0n) is 11.9. The standard InChI is InChI=1S/C16H18FN3O/c1-12-5-2-3-6-15(12)20(10-4-9-18)16(21)14-8-7-13(17)11-19-14/h2-3,5-8,11H,4,9-10,18H2,1H3. The second kappa shape index (κ2) is 6.95. The van der Waals surface area contributed by atoms with Crippen LogP contribution in [0.3, 0.4) is 0 Å². The number of aryl methyl sites for hydroxylation is 1. The van der Waals surface area contributed by atoms with Gasteiger partial charge in [-0.1, -0.05) is 18.2 Å². The van der Waals surface area contributed by atoms with Gasteiger partial charge >= 0.3 is 0 Å². The Labute approximate surface area is 123 Å². The number of carbonyl (C=O) groups excluding carboxylic acids is 1. The number of hydrogen-bond acceptors (Lipinski definition) is 3. The highest BCUT2D eigenvalue weighted by Gasteiger charge is 2.19. The minimum atomic E-state index is -0.462. The molecule has 0 fully saturated rings. The number of hydrogen-bond donors (Lipinski definition) is 1. The summed E-state index contributed by atoms with van der Waals surface area (Å²) in [4.78, 5) is 18.1. The van der Waals surface area contributed by atoms with Gasteiger partial charge < -0.3 is 10.6 Å². The van der Waals surface area contributed by atoms with Crippen LogP contribution in [-0.2, 0) is 0 Å². The van der Waals surface area contributed by atoms with Crippen molar-refractivity contribution in [1.82, 2.24) is 4.98 Å². The minimum absolute atomic E-state index is 0.219. The van der Waals surface area contributed by atoms with E-state index in [9.17, 15) is 9.18 Å². The summed E-state index contributed by atoms with van der Waals surface area (Å²) in [7, 11) is 0. The highest BCUT2D eigenvalue weighted by atomic mass is 19.1. The van der Waals surface area contributed by atoms with Gasteiger partial charge in [0, 0.05) is 12.2 Å². The van der Waals surface area contributed by atoms with Crippen molar-refractivity contribution >= 4 is 11.6 Å². The maximum Gasteiger partial charge on any atom is 0.276 e. The van der Waals surface area contributed by atoms with Gasteiger partial charge in [-0.15, -0.1) is 0 Å². The number of benzene rings is 1. The number of pyridine rings is 1. The van der Waals surface area contributed by atoms with E-state index in [1.54, 1.807) is 4.90 Å². The first-order chi connectivity index (χ1) is 10.1. The van der Waals surface area contributed by atoms with Crippen LogP contribution in [-0.4, -0.2) is 24.0 Å². The number of halogens is 1. The number of amides is 1. The summed E-state index contributed by atoms with van der Waals surface area (Å²) in [6.07, 6.45) is 1.73. The Morgan fingerprint density at radius 1 is 1.29 bits per heavy atom. The number of anilines is 1. The van der Waals surface area contributed by atoms with E-state index in [4.69, 9.17) is 5.73 Å². The molecule has 1 heterocycles. The first kappa shape index (κ1) is 15.1. The summed E-state index contributed by atoms with van der Waals surface area (Å²) in [5.41, 5.74) is 7.58. The van der Waals surface area contributed by atoms with Crippen LogP contribution < -0.4 is 10.6 Å². The van der Waals surface area contributed by atoms with Gasteiger partial charge in [-0.2, -0.15) is 0 Å². The molecule has 5 heteroatoms. The van der Waals surface area contributed by atoms with Crippen molar-refractivity contribution in [3.05, 3.63) is 59.7 Å². The van der Waals surface area contributed by atoms with Crippen molar-refractivity contribution < 1.29 is 9.18 Å². The topological polar surface area (TPSA) is 59.2 Å². The lowest BCUT2D eigenvalue weighted by Gasteiger charge is -2.24. The van der Waals surface area contributed by atoms with Crippen molar-refractivity contribution in [2.75, 3.05) is 18.0 Å². The van der Waals surface area contributed by atoms with Crippen molar-refractivity contribution in [1.29, 1.82) is 0 Å². The number of aromatic nitrogens is 1. The van der Waals surface area contributed by atoms with Crippen molar-refractivity contribution in [2.45, 2.75) is 13.3 Å². The van der Waals surface area contributed by atoms with Gasteiger partial charge in [0.25, 0.3) is 5.91 Å². The third kappa shape index (κ3) is 3.64. The maximum absolute atomic E-state index is 12.9. The minimum Gasteiger partial charge on any atom is -0.330 e. The molecule has 1 amide bonds. The van der Waals surface area contributed by atoms with E-state index in [-0.39, 0.29) is 11.6 Å². The Morgan fingerprint density at radius 2 is 2.05 bits per heavy atom. The van der Waals surface area contributed by atoms with Crippen molar-refractivity contribution in [2.24, 2.45) is 5.73 Å². The van der Waals surface area contributed by atoms with E-state index < -0.39 is 5.82 Å². The lowest BCUT2D eigenvalue weighted by molar-refractivity contribution is 0.0982. The predicted octanol–water partition coefficient (Wildman–Crippen LogP) is 2.52. The average Bonchev–Trinajstić information content (AvgIpc) is 2.50. The molecule has 0 spiro atoms. The number of para-hydroxylation sites is 1. The van der Waals surface area contributed by atoms with Crippen LogP contribution in [0.25, 0.3) is 0 Å². The van der Waals surface area contributed by atoms with E-state index >= 15 is 0 Å². The number of nitrogens with zero attached hydrogens (tertiary/aromatic N) is 2. The third-order valence-electron chi connectivity index (χ3n) is 3.18. The fraction of sp³-hybridized carbons (Fsp3) is 0.250. The van der Waals surface area contributed by atoms with Gasteiger partial charge in [0.2, 0.25) is 0 Å². The molecule has 0 saturated carbocycles. The molecule has 1 aromatic carbocycles. The van der Waals surface area contributed by atoms with E-state index in [0.29, 0.717) is 19.5 Å². The fourth-order valence-electron chi connectivity index (χ4n) is 2.09. The molecule has 2 N–H and O–H groups in total. The molecule has 0 unspecified atom stereocenters. The summed E-state index contributed by atoms with van der Waals surface area (Å²) in [6, 6.07) is 10.2. The Balaban J connectivity index is 2.33. The summed E-state index contributed by atoms with van der Waals surface area (Å²) in [6.45, 7) is 2.93. The monoisotopic (exact) mass is 287 g/mol. The zero-order valence-corrected chi connectivity index (χ0v) is 11.9. The molecule has 0 aliphatic heterocycles. The van der Waals surface area contributed by atoms with Crippen molar-refractivity contribution in [3.63, 3.8) is 0 Å². The summed E-state index contributed by atoms with van der Waals surface area (Å²) in [5, 5.41) is 0. The molecule has 0 saturated heterocycles. The Hall–Kier alpha value is -2.27. The highest BCUT2D eigenvalue weighted by molar-refractivity contribution is 6.05. The van der Waals surface area contributed by atoms with Gasteiger partial charge in [0.1, 0.15) is 11.5 Å². The van der Waals surface area contributed by atoms with E-state index in [0.717, 1.165) is 17.4 Å². The molecule has 2 rings (SSSR count). The number of nitrogens with two attached hydrogens (primary N) is 1. The first-order valence-corrected chi connectivity index (χ1v) is 6.82. The Kier molecular flexibility index (Phi) is 5.00. The highest BCUT2D eigenvalue weighted by Crippen LogP contribution is 2.21. The van der Waals surface area contributed by atoms with Gasteiger partial charge in [0.15, 0.2) is 0 Å². The second-order valence-corrected chi connectivity index (χ2v) is 4.75. The smallest absolute Gasteiger partial charge is 0.276 e. The van der Waals surface area contributed by atoms with E-state index in [2.05, 4.69) is 4.98 Å². The number of rotatable bonds is 5. The molecule has 0 bridgehead atoms. The quantitative estimate of drug-likeness (QED) is 0.919. The molecule has 21 heavy (non-hydrogen) atoms. The fourth-order valence-corrected chi connectivity index (χ4v) is 2.09. The molecule has 1 aromatic heterocycles. The Morgan fingerprint density at radius 3 is 2.67 bits per heavy atom. The maximum atomic E-state index is 12.9.